The van der Waals surface area contributed by atoms with Gasteiger partial charge in [0.2, 0.25) is 0 Å². The Bertz CT molecular complexity index is 707. The summed E-state index contributed by atoms with van der Waals surface area (Å²) < 4.78 is 7.49. The predicted octanol–water partition coefficient (Wildman–Crippen LogP) is 2.35. The number of nitrogens with one attached hydrogen (secondary N) is 2. The summed E-state index contributed by atoms with van der Waals surface area (Å²) in [5.41, 5.74) is 1.55. The Morgan fingerprint density at radius 1 is 1.30 bits per heavy atom. The molecule has 0 unspecified atom stereocenters. The normalized spacial score (nSPS) is 14.9. The van der Waals surface area contributed by atoms with Crippen LogP contribution in [0.4, 0.5) is 0 Å². The van der Waals surface area contributed by atoms with Gasteiger partial charge < -0.3 is 15.4 Å². The van der Waals surface area contributed by atoms with Crippen molar-refractivity contribution in [3.63, 3.8) is 0 Å². The lowest BCUT2D eigenvalue weighted by atomic mass is 10.1. The topological polar surface area (TPSA) is 81.1 Å². The number of benzene rings is 1. The number of hydrogen-bond acceptors (Lipinski definition) is 5. The van der Waals surface area contributed by atoms with Crippen LogP contribution in [0.25, 0.3) is 0 Å². The Morgan fingerprint density at radius 2 is 2.07 bits per heavy atom. The molecule has 2 N–H and O–H groups in total. The van der Waals surface area contributed by atoms with Crippen LogP contribution in [-0.4, -0.2) is 47.1 Å². The first kappa shape index (κ1) is 19.4. The monoisotopic (exact) mass is 371 g/mol. The fraction of sp³-hybridized carbons (Fsp3) is 0.550. The first-order valence-electron chi connectivity index (χ1n) is 9.88. The Kier molecular flexibility index (Phi) is 7.21. The van der Waals surface area contributed by atoms with Crippen LogP contribution in [-0.2, 0) is 6.42 Å². The molecule has 0 bridgehead atoms. The van der Waals surface area contributed by atoms with Crippen LogP contribution >= 0.6 is 0 Å². The molecule has 7 heteroatoms. The van der Waals surface area contributed by atoms with Crippen molar-refractivity contribution in [2.24, 2.45) is 0 Å². The Balaban J connectivity index is 1.42. The minimum atomic E-state index is -0.172. The van der Waals surface area contributed by atoms with Crippen LogP contribution in [0.5, 0.6) is 5.75 Å². The van der Waals surface area contributed by atoms with Crippen LogP contribution < -0.4 is 15.4 Å². The average molecular weight is 371 g/mol. The van der Waals surface area contributed by atoms with E-state index in [9.17, 15) is 4.79 Å². The zero-order valence-corrected chi connectivity index (χ0v) is 16.0. The summed E-state index contributed by atoms with van der Waals surface area (Å²) in [7, 11) is 0. The fourth-order valence-corrected chi connectivity index (χ4v) is 3.13. The Labute approximate surface area is 160 Å². The minimum absolute atomic E-state index is 0.172. The molecule has 1 saturated heterocycles. The summed E-state index contributed by atoms with van der Waals surface area (Å²) in [6.45, 7) is 5.43. The largest absolute Gasteiger partial charge is 0.494 e. The summed E-state index contributed by atoms with van der Waals surface area (Å²) in [4.78, 5) is 12.3. The van der Waals surface area contributed by atoms with Gasteiger partial charge in [0.1, 0.15) is 5.75 Å². The highest BCUT2D eigenvalue weighted by Gasteiger charge is 2.18. The first-order valence-corrected chi connectivity index (χ1v) is 9.88. The number of ether oxygens (including phenoxy) is 1. The van der Waals surface area contributed by atoms with Crippen molar-refractivity contribution in [1.82, 2.24) is 25.6 Å². The number of amides is 1. The van der Waals surface area contributed by atoms with Crippen LogP contribution in [0.15, 0.2) is 30.5 Å². The van der Waals surface area contributed by atoms with Crippen molar-refractivity contribution in [2.75, 3.05) is 26.2 Å². The Hall–Kier alpha value is -2.41. The third kappa shape index (κ3) is 5.79. The van der Waals surface area contributed by atoms with E-state index in [0.29, 0.717) is 18.3 Å². The standard InChI is InChI=1S/C20H29N5O2/c1-2-3-14-27-18-6-4-16(5-7-18)8-13-22-20(26)19-15-25(24-23-19)17-9-11-21-12-10-17/h4-7,15,17,21H,2-3,8-14H2,1H3,(H,22,26). The first-order chi connectivity index (χ1) is 13.3. The quantitative estimate of drug-likeness (QED) is 0.662. The maximum atomic E-state index is 12.3. The maximum absolute atomic E-state index is 12.3. The number of carbonyl (C=O) groups is 1. The third-order valence-electron chi connectivity index (χ3n) is 4.81. The van der Waals surface area contributed by atoms with E-state index in [0.717, 1.165) is 63.1 Å². The molecule has 1 aliphatic rings. The van der Waals surface area contributed by atoms with Crippen molar-refractivity contribution in [2.45, 2.75) is 45.1 Å². The van der Waals surface area contributed by atoms with Gasteiger partial charge >= 0.3 is 0 Å². The van der Waals surface area contributed by atoms with Gasteiger partial charge in [-0.25, -0.2) is 4.68 Å². The van der Waals surface area contributed by atoms with E-state index in [4.69, 9.17) is 4.74 Å². The molecule has 146 valence electrons. The molecule has 2 aromatic rings. The van der Waals surface area contributed by atoms with Gasteiger partial charge in [-0.3, -0.25) is 4.79 Å². The molecule has 0 atom stereocenters. The number of aromatic nitrogens is 3. The number of nitrogens with zero attached hydrogens (tertiary/aromatic N) is 3. The van der Waals surface area contributed by atoms with Crippen molar-refractivity contribution in [3.8, 4) is 5.75 Å². The molecule has 1 fully saturated rings. The van der Waals surface area contributed by atoms with Gasteiger partial charge in [-0.15, -0.1) is 5.10 Å². The van der Waals surface area contributed by atoms with E-state index in [-0.39, 0.29) is 5.91 Å². The SMILES string of the molecule is CCCCOc1ccc(CCNC(=O)c2cn(C3CCNCC3)nn2)cc1. The Morgan fingerprint density at radius 3 is 2.81 bits per heavy atom. The van der Waals surface area contributed by atoms with E-state index in [1.807, 2.05) is 28.9 Å². The molecule has 3 rings (SSSR count). The molecule has 2 heterocycles. The smallest absolute Gasteiger partial charge is 0.273 e. The molecular weight excluding hydrogens is 342 g/mol. The molecule has 1 aromatic heterocycles. The van der Waals surface area contributed by atoms with Crippen molar-refractivity contribution >= 4 is 5.91 Å². The summed E-state index contributed by atoms with van der Waals surface area (Å²) in [6.07, 6.45) is 6.75. The highest BCUT2D eigenvalue weighted by molar-refractivity contribution is 5.91. The third-order valence-corrected chi connectivity index (χ3v) is 4.81. The zero-order valence-electron chi connectivity index (χ0n) is 16.0. The number of rotatable bonds is 9. The lowest BCUT2D eigenvalue weighted by Crippen LogP contribution is -2.29. The summed E-state index contributed by atoms with van der Waals surface area (Å²) in [5.74, 6) is 0.723. The highest BCUT2D eigenvalue weighted by Crippen LogP contribution is 2.17. The molecule has 1 amide bonds. The average Bonchev–Trinajstić information content (AvgIpc) is 3.20. The van der Waals surface area contributed by atoms with Gasteiger partial charge in [0.15, 0.2) is 5.69 Å². The summed E-state index contributed by atoms with van der Waals surface area (Å²) in [6, 6.07) is 8.38. The van der Waals surface area contributed by atoms with Crippen molar-refractivity contribution in [3.05, 3.63) is 41.7 Å². The second-order valence-electron chi connectivity index (χ2n) is 6.92. The molecule has 0 saturated carbocycles. The van der Waals surface area contributed by atoms with Gasteiger partial charge in [-0.05, 0) is 56.5 Å². The van der Waals surface area contributed by atoms with Gasteiger partial charge in [-0.1, -0.05) is 30.7 Å². The summed E-state index contributed by atoms with van der Waals surface area (Å²) in [5, 5.41) is 14.4. The lowest BCUT2D eigenvalue weighted by molar-refractivity contribution is 0.0949. The molecule has 1 aromatic carbocycles. The van der Waals surface area contributed by atoms with Gasteiger partial charge in [-0.2, -0.15) is 0 Å². The second kappa shape index (κ2) is 10.1. The van der Waals surface area contributed by atoms with E-state index in [1.165, 1.54) is 0 Å². The van der Waals surface area contributed by atoms with Crippen LogP contribution in [0, 0.1) is 0 Å². The van der Waals surface area contributed by atoms with Gasteiger partial charge in [0.05, 0.1) is 18.8 Å². The van der Waals surface area contributed by atoms with Gasteiger partial charge in [0, 0.05) is 6.54 Å². The predicted molar refractivity (Wildman–Crippen MR) is 104 cm³/mol. The molecule has 7 nitrogen and oxygen atoms in total. The number of unbranched alkanes of at least 4 members (excludes halogenated alkanes) is 1. The van der Waals surface area contributed by atoms with Crippen LogP contribution in [0.1, 0.15) is 54.7 Å². The number of piperidine rings is 1. The second-order valence-corrected chi connectivity index (χ2v) is 6.92. The van der Waals surface area contributed by atoms with Crippen LogP contribution in [0.3, 0.4) is 0 Å². The van der Waals surface area contributed by atoms with E-state index in [2.05, 4.69) is 27.9 Å². The molecule has 0 spiro atoms. The molecule has 27 heavy (non-hydrogen) atoms. The van der Waals surface area contributed by atoms with E-state index >= 15 is 0 Å². The molecule has 1 aliphatic heterocycles. The van der Waals surface area contributed by atoms with Gasteiger partial charge in [0.25, 0.3) is 5.91 Å². The highest BCUT2D eigenvalue weighted by atomic mass is 16.5. The molecule has 0 aliphatic carbocycles. The molecular formula is C20H29N5O2. The molecule has 0 radical (unpaired) electrons. The minimum Gasteiger partial charge on any atom is -0.494 e. The number of carbonyl (C=O) groups excluding carboxylic acids is 1. The number of hydrogen-bond donors (Lipinski definition) is 2. The van der Waals surface area contributed by atoms with Crippen LogP contribution in [0.2, 0.25) is 0 Å². The fourth-order valence-electron chi connectivity index (χ4n) is 3.13. The van der Waals surface area contributed by atoms with Crippen molar-refractivity contribution in [1.29, 1.82) is 0 Å². The van der Waals surface area contributed by atoms with E-state index in [1.54, 1.807) is 6.20 Å². The van der Waals surface area contributed by atoms with Crippen molar-refractivity contribution < 1.29 is 9.53 Å². The zero-order chi connectivity index (χ0) is 18.9. The van der Waals surface area contributed by atoms with E-state index < -0.39 is 0 Å². The maximum Gasteiger partial charge on any atom is 0.273 e. The summed E-state index contributed by atoms with van der Waals surface area (Å²) >= 11 is 0. The lowest BCUT2D eigenvalue weighted by Gasteiger charge is -2.22.